The lowest BCUT2D eigenvalue weighted by atomic mass is 10.2. The van der Waals surface area contributed by atoms with E-state index in [-0.39, 0.29) is 0 Å². The molecule has 0 aliphatic carbocycles. The Hall–Kier alpha value is -0.230. The average molecular weight is 159 g/mol. The van der Waals surface area contributed by atoms with Gasteiger partial charge in [0.05, 0.1) is 0 Å². The zero-order valence-corrected chi connectivity index (χ0v) is 7.65. The Morgan fingerprint density at radius 3 is 2.50 bits per heavy atom. The summed E-state index contributed by atoms with van der Waals surface area (Å²) < 4.78 is 0. The Labute approximate surface area is 68.6 Å². The Balaban J connectivity index is 3.77. The van der Waals surface area contributed by atoms with Crippen LogP contribution in [-0.4, -0.2) is 0 Å². The molecule has 0 spiro atoms. The van der Waals surface area contributed by atoms with Crippen molar-refractivity contribution in [1.82, 2.24) is 0 Å². The molecule has 0 radical (unpaired) electrons. The van der Waals surface area contributed by atoms with Crippen LogP contribution in [-0.2, 0) is 0 Å². The second-order valence-electron chi connectivity index (χ2n) is 2.60. The lowest BCUT2D eigenvalue weighted by Crippen LogP contribution is -1.76. The molecule has 0 aromatic rings. The summed E-state index contributed by atoms with van der Waals surface area (Å²) in [7, 11) is 0. The van der Waals surface area contributed by atoms with Gasteiger partial charge in [-0.15, -0.1) is 0 Å². The van der Waals surface area contributed by atoms with Gasteiger partial charge in [0.15, 0.2) is 0 Å². The Morgan fingerprint density at radius 1 is 1.50 bits per heavy atom. The first-order valence-electron chi connectivity index (χ1n) is 3.70. The minimum atomic E-state index is 0.582. The minimum Gasteiger partial charge on any atom is -0.0847 e. The third-order valence-electron chi connectivity index (χ3n) is 1.04. The van der Waals surface area contributed by atoms with Crippen molar-refractivity contribution in [3.05, 3.63) is 23.3 Å². The maximum Gasteiger partial charge on any atom is 0.0362 e. The average Bonchev–Trinajstić information content (AvgIpc) is 1.85. The van der Waals surface area contributed by atoms with Gasteiger partial charge in [-0.3, -0.25) is 0 Å². The van der Waals surface area contributed by atoms with Gasteiger partial charge in [0.25, 0.3) is 0 Å². The van der Waals surface area contributed by atoms with Crippen molar-refractivity contribution in [2.45, 2.75) is 27.2 Å². The molecule has 0 saturated carbocycles. The van der Waals surface area contributed by atoms with Crippen LogP contribution in [0.5, 0.6) is 0 Å². The molecule has 0 aromatic heterocycles. The summed E-state index contributed by atoms with van der Waals surface area (Å²) in [6, 6.07) is 0. The van der Waals surface area contributed by atoms with Crippen LogP contribution < -0.4 is 0 Å². The number of hydrogen-bond donors (Lipinski definition) is 0. The predicted molar refractivity (Wildman–Crippen MR) is 48.2 cm³/mol. The van der Waals surface area contributed by atoms with E-state index in [1.807, 2.05) is 12.2 Å². The number of rotatable bonds is 3. The smallest absolute Gasteiger partial charge is 0.0362 e. The molecule has 0 aliphatic heterocycles. The van der Waals surface area contributed by atoms with E-state index in [2.05, 4.69) is 26.8 Å². The lowest BCUT2D eigenvalue weighted by molar-refractivity contribution is 0.831. The molecule has 58 valence electrons. The van der Waals surface area contributed by atoms with Gasteiger partial charge in [-0.25, -0.2) is 0 Å². The van der Waals surface area contributed by atoms with Crippen molar-refractivity contribution in [3.8, 4) is 0 Å². The van der Waals surface area contributed by atoms with Crippen molar-refractivity contribution in [2.75, 3.05) is 0 Å². The Morgan fingerprint density at radius 2 is 2.10 bits per heavy atom. The van der Waals surface area contributed by atoms with Gasteiger partial charge < -0.3 is 0 Å². The van der Waals surface area contributed by atoms with Crippen LogP contribution >= 0.6 is 11.6 Å². The van der Waals surface area contributed by atoms with Crippen LogP contribution in [0.2, 0.25) is 0 Å². The molecule has 0 amide bonds. The van der Waals surface area contributed by atoms with E-state index in [9.17, 15) is 0 Å². The molecule has 0 rings (SSSR count). The summed E-state index contributed by atoms with van der Waals surface area (Å²) >= 11 is 5.80. The van der Waals surface area contributed by atoms with Crippen LogP contribution in [0.15, 0.2) is 23.3 Å². The summed E-state index contributed by atoms with van der Waals surface area (Å²) in [6.07, 6.45) is 7.05. The van der Waals surface area contributed by atoms with Crippen molar-refractivity contribution in [1.29, 1.82) is 0 Å². The molecular formula is C9H15Cl. The topological polar surface area (TPSA) is 0 Å². The van der Waals surface area contributed by atoms with Crippen molar-refractivity contribution in [2.24, 2.45) is 5.92 Å². The minimum absolute atomic E-state index is 0.582. The fraction of sp³-hybridized carbons (Fsp3) is 0.556. The van der Waals surface area contributed by atoms with Gasteiger partial charge in [0, 0.05) is 5.03 Å². The first-order valence-corrected chi connectivity index (χ1v) is 4.08. The standard InChI is InChI=1S/C9H15Cl/c1-4-5-9(10)7-6-8(2)3/h5-8H,4H2,1-3H3/b7-6-,9-5+. The van der Waals surface area contributed by atoms with Crippen molar-refractivity contribution in [3.63, 3.8) is 0 Å². The van der Waals surface area contributed by atoms with Crippen LogP contribution in [0.3, 0.4) is 0 Å². The third kappa shape index (κ3) is 5.90. The number of halogens is 1. The fourth-order valence-corrected chi connectivity index (χ4v) is 0.774. The van der Waals surface area contributed by atoms with Gasteiger partial charge in [0.2, 0.25) is 0 Å². The zero-order chi connectivity index (χ0) is 7.98. The number of allylic oxidation sites excluding steroid dienone is 4. The van der Waals surface area contributed by atoms with E-state index in [0.717, 1.165) is 11.5 Å². The zero-order valence-electron chi connectivity index (χ0n) is 6.89. The van der Waals surface area contributed by atoms with E-state index >= 15 is 0 Å². The molecule has 0 aromatic carbocycles. The van der Waals surface area contributed by atoms with Crippen molar-refractivity contribution >= 4 is 11.6 Å². The molecule has 0 heterocycles. The predicted octanol–water partition coefficient (Wildman–Crippen LogP) is 3.73. The molecule has 0 N–H and O–H groups in total. The van der Waals surface area contributed by atoms with Crippen molar-refractivity contribution < 1.29 is 0 Å². The van der Waals surface area contributed by atoms with Gasteiger partial charge in [0.1, 0.15) is 0 Å². The normalized spacial score (nSPS) is 13.5. The first kappa shape index (κ1) is 9.77. The molecule has 1 heteroatoms. The van der Waals surface area contributed by atoms with Gasteiger partial charge >= 0.3 is 0 Å². The molecule has 0 atom stereocenters. The second kappa shape index (κ2) is 5.55. The largest absolute Gasteiger partial charge is 0.0847 e. The van der Waals surface area contributed by atoms with Crippen LogP contribution in [0, 0.1) is 5.92 Å². The number of hydrogen-bond acceptors (Lipinski definition) is 0. The maximum atomic E-state index is 5.80. The van der Waals surface area contributed by atoms with Gasteiger partial charge in [-0.2, -0.15) is 0 Å². The summed E-state index contributed by atoms with van der Waals surface area (Å²) in [5, 5.41) is 0.844. The monoisotopic (exact) mass is 158 g/mol. The second-order valence-corrected chi connectivity index (χ2v) is 3.04. The maximum absolute atomic E-state index is 5.80. The quantitative estimate of drug-likeness (QED) is 0.549. The Kier molecular flexibility index (Phi) is 5.42. The highest BCUT2D eigenvalue weighted by molar-refractivity contribution is 6.31. The molecule has 10 heavy (non-hydrogen) atoms. The molecule has 0 fully saturated rings. The first-order chi connectivity index (χ1) is 4.66. The molecular weight excluding hydrogens is 144 g/mol. The molecule has 0 nitrogen and oxygen atoms in total. The highest BCUT2D eigenvalue weighted by atomic mass is 35.5. The van der Waals surface area contributed by atoms with E-state index in [1.54, 1.807) is 0 Å². The third-order valence-corrected chi connectivity index (χ3v) is 1.32. The molecule has 0 bridgehead atoms. The SMILES string of the molecule is CC/C=C(Cl)\C=C/C(C)C. The van der Waals surface area contributed by atoms with Crippen LogP contribution in [0.4, 0.5) is 0 Å². The van der Waals surface area contributed by atoms with Gasteiger partial charge in [-0.1, -0.05) is 44.5 Å². The van der Waals surface area contributed by atoms with Gasteiger partial charge in [-0.05, 0) is 18.4 Å². The van der Waals surface area contributed by atoms with E-state index in [0.29, 0.717) is 5.92 Å². The van der Waals surface area contributed by atoms with Crippen LogP contribution in [0.1, 0.15) is 27.2 Å². The van der Waals surface area contributed by atoms with Crippen LogP contribution in [0.25, 0.3) is 0 Å². The van der Waals surface area contributed by atoms with E-state index in [1.165, 1.54) is 0 Å². The van der Waals surface area contributed by atoms with E-state index < -0.39 is 0 Å². The summed E-state index contributed by atoms with van der Waals surface area (Å²) in [6.45, 7) is 6.34. The highest BCUT2D eigenvalue weighted by Gasteiger charge is 1.85. The molecule has 0 aliphatic rings. The van der Waals surface area contributed by atoms with E-state index in [4.69, 9.17) is 11.6 Å². The summed E-state index contributed by atoms with van der Waals surface area (Å²) in [5.74, 6) is 0.582. The Bertz CT molecular complexity index is 132. The summed E-state index contributed by atoms with van der Waals surface area (Å²) in [5.41, 5.74) is 0. The molecule has 0 unspecified atom stereocenters. The lowest BCUT2D eigenvalue weighted by Gasteiger charge is -1.92. The summed E-state index contributed by atoms with van der Waals surface area (Å²) in [4.78, 5) is 0. The highest BCUT2D eigenvalue weighted by Crippen LogP contribution is 2.06. The fourth-order valence-electron chi connectivity index (χ4n) is 0.547. The molecule has 0 saturated heterocycles.